The van der Waals surface area contributed by atoms with Gasteiger partial charge in [-0.05, 0) is 34.7 Å². The van der Waals surface area contributed by atoms with Crippen LogP contribution in [0, 0.1) is 3.57 Å². The molecular formula is C7H3ClIO2-. The van der Waals surface area contributed by atoms with E-state index in [9.17, 15) is 9.90 Å². The zero-order valence-electron chi connectivity index (χ0n) is 5.30. The Hall–Kier alpha value is -0.290. The maximum absolute atomic E-state index is 10.3. The first kappa shape index (κ1) is 8.80. The Morgan fingerprint density at radius 3 is 2.64 bits per heavy atom. The molecule has 0 radical (unpaired) electrons. The Kier molecular flexibility index (Phi) is 2.72. The fourth-order valence-corrected chi connectivity index (χ4v) is 1.59. The summed E-state index contributed by atoms with van der Waals surface area (Å²) < 4.78 is 0.901. The number of carboxylic acids is 1. The van der Waals surface area contributed by atoms with E-state index in [2.05, 4.69) is 0 Å². The molecule has 0 aliphatic rings. The van der Waals surface area contributed by atoms with Crippen LogP contribution < -0.4 is 5.11 Å². The van der Waals surface area contributed by atoms with Gasteiger partial charge in [0.25, 0.3) is 0 Å². The molecule has 0 saturated heterocycles. The summed E-state index contributed by atoms with van der Waals surface area (Å²) in [4.78, 5) is 10.3. The van der Waals surface area contributed by atoms with Crippen LogP contribution in [0.1, 0.15) is 10.4 Å². The minimum atomic E-state index is -1.24. The molecule has 0 fully saturated rings. The monoisotopic (exact) mass is 281 g/mol. The molecule has 0 aromatic heterocycles. The average Bonchev–Trinajstić information content (AvgIpc) is 1.85. The lowest BCUT2D eigenvalue weighted by atomic mass is 10.2. The summed E-state index contributed by atoms with van der Waals surface area (Å²) in [5.41, 5.74) is 0.0343. The van der Waals surface area contributed by atoms with Crippen LogP contribution in [0.5, 0.6) is 0 Å². The predicted octanol–water partition coefficient (Wildman–Crippen LogP) is 1.31. The second kappa shape index (κ2) is 3.40. The third-order valence-corrected chi connectivity index (χ3v) is 2.13. The number of benzene rings is 1. The van der Waals surface area contributed by atoms with Gasteiger partial charge in [0, 0.05) is 9.13 Å². The van der Waals surface area contributed by atoms with Crippen LogP contribution in [0.2, 0.25) is 5.02 Å². The fraction of sp³-hybridized carbons (Fsp3) is 0. The molecule has 11 heavy (non-hydrogen) atoms. The van der Waals surface area contributed by atoms with Crippen LogP contribution in [0.4, 0.5) is 0 Å². The first-order valence-corrected chi connectivity index (χ1v) is 4.23. The molecule has 0 unspecified atom stereocenters. The minimum absolute atomic E-state index is 0.0343. The number of carbonyl (C=O) groups is 1. The SMILES string of the molecule is O=C([O-])c1ccc(I)cc1Cl. The number of carbonyl (C=O) groups excluding carboxylic acids is 1. The van der Waals surface area contributed by atoms with Gasteiger partial charge in [-0.1, -0.05) is 17.7 Å². The molecule has 0 aliphatic carbocycles. The molecular weight excluding hydrogens is 278 g/mol. The number of hydrogen-bond acceptors (Lipinski definition) is 2. The van der Waals surface area contributed by atoms with E-state index >= 15 is 0 Å². The van der Waals surface area contributed by atoms with Gasteiger partial charge in [0.2, 0.25) is 0 Å². The van der Waals surface area contributed by atoms with E-state index in [-0.39, 0.29) is 10.6 Å². The normalized spacial score (nSPS) is 9.64. The van der Waals surface area contributed by atoms with Crippen molar-refractivity contribution >= 4 is 40.2 Å². The molecule has 0 amide bonds. The number of carboxylic acid groups (broad SMARTS) is 1. The van der Waals surface area contributed by atoms with E-state index in [0.717, 1.165) is 3.57 Å². The lowest BCUT2D eigenvalue weighted by Gasteiger charge is -2.03. The van der Waals surface area contributed by atoms with Gasteiger partial charge < -0.3 is 9.90 Å². The van der Waals surface area contributed by atoms with Gasteiger partial charge in [0.15, 0.2) is 0 Å². The van der Waals surface area contributed by atoms with E-state index < -0.39 is 5.97 Å². The number of aromatic carboxylic acids is 1. The van der Waals surface area contributed by atoms with Crippen molar-refractivity contribution in [2.75, 3.05) is 0 Å². The van der Waals surface area contributed by atoms with Crippen molar-refractivity contribution in [2.24, 2.45) is 0 Å². The molecule has 1 rings (SSSR count). The van der Waals surface area contributed by atoms with Crippen molar-refractivity contribution in [3.63, 3.8) is 0 Å². The summed E-state index contributed by atoms with van der Waals surface area (Å²) in [5, 5.41) is 10.6. The molecule has 0 saturated carbocycles. The lowest BCUT2D eigenvalue weighted by Crippen LogP contribution is -2.22. The van der Waals surface area contributed by atoms with Gasteiger partial charge in [0.05, 0.1) is 11.0 Å². The van der Waals surface area contributed by atoms with Crippen molar-refractivity contribution in [1.29, 1.82) is 0 Å². The van der Waals surface area contributed by atoms with E-state index in [4.69, 9.17) is 11.6 Å². The maximum Gasteiger partial charge on any atom is 0.0730 e. The summed E-state index contributed by atoms with van der Waals surface area (Å²) in [6, 6.07) is 4.67. The minimum Gasteiger partial charge on any atom is -0.545 e. The highest BCUT2D eigenvalue weighted by Gasteiger charge is 1.99. The van der Waals surface area contributed by atoms with Gasteiger partial charge >= 0.3 is 0 Å². The van der Waals surface area contributed by atoms with Crippen molar-refractivity contribution < 1.29 is 9.90 Å². The highest BCUT2D eigenvalue weighted by atomic mass is 127. The highest BCUT2D eigenvalue weighted by molar-refractivity contribution is 14.1. The molecule has 0 spiro atoms. The second-order valence-corrected chi connectivity index (χ2v) is 3.56. The number of hydrogen-bond donors (Lipinski definition) is 0. The summed E-state index contributed by atoms with van der Waals surface area (Å²) in [7, 11) is 0. The third kappa shape index (κ3) is 2.07. The van der Waals surface area contributed by atoms with Crippen LogP contribution in [0.15, 0.2) is 18.2 Å². The molecule has 0 N–H and O–H groups in total. The van der Waals surface area contributed by atoms with Crippen LogP contribution in [0.25, 0.3) is 0 Å². The largest absolute Gasteiger partial charge is 0.545 e. The van der Waals surface area contributed by atoms with E-state index in [1.807, 2.05) is 22.6 Å². The van der Waals surface area contributed by atoms with Gasteiger partial charge in [-0.3, -0.25) is 0 Å². The number of rotatable bonds is 1. The molecule has 1 aromatic rings. The molecule has 58 valence electrons. The summed E-state index contributed by atoms with van der Waals surface area (Å²) in [6.07, 6.45) is 0. The van der Waals surface area contributed by atoms with Crippen LogP contribution >= 0.6 is 34.2 Å². The lowest BCUT2D eigenvalue weighted by molar-refractivity contribution is -0.255. The Morgan fingerprint density at radius 2 is 2.18 bits per heavy atom. The molecule has 0 heterocycles. The topological polar surface area (TPSA) is 40.1 Å². The Labute approximate surface area is 82.3 Å². The van der Waals surface area contributed by atoms with Crippen molar-refractivity contribution in [3.8, 4) is 0 Å². The van der Waals surface area contributed by atoms with Gasteiger partial charge in [-0.2, -0.15) is 0 Å². The zero-order chi connectivity index (χ0) is 8.43. The Bertz CT molecular complexity index is 298. The second-order valence-electron chi connectivity index (χ2n) is 1.91. The van der Waals surface area contributed by atoms with Gasteiger partial charge in [-0.25, -0.2) is 0 Å². The van der Waals surface area contributed by atoms with Crippen LogP contribution in [-0.4, -0.2) is 5.97 Å². The Morgan fingerprint density at radius 1 is 1.55 bits per heavy atom. The fourth-order valence-electron chi connectivity index (χ4n) is 0.655. The zero-order valence-corrected chi connectivity index (χ0v) is 8.22. The molecule has 0 aliphatic heterocycles. The van der Waals surface area contributed by atoms with Crippen LogP contribution in [0.3, 0.4) is 0 Å². The van der Waals surface area contributed by atoms with Crippen LogP contribution in [-0.2, 0) is 0 Å². The highest BCUT2D eigenvalue weighted by Crippen LogP contribution is 2.17. The summed E-state index contributed by atoms with van der Waals surface area (Å²) in [5.74, 6) is -1.24. The van der Waals surface area contributed by atoms with Crippen molar-refractivity contribution in [1.82, 2.24) is 0 Å². The quantitative estimate of drug-likeness (QED) is 0.728. The predicted molar refractivity (Wildman–Crippen MR) is 48.5 cm³/mol. The van der Waals surface area contributed by atoms with Gasteiger partial charge in [-0.15, -0.1) is 0 Å². The first-order chi connectivity index (χ1) is 5.11. The first-order valence-electron chi connectivity index (χ1n) is 2.77. The average molecular weight is 281 g/mol. The van der Waals surface area contributed by atoms with E-state index in [0.29, 0.717) is 0 Å². The summed E-state index contributed by atoms with van der Waals surface area (Å²) >= 11 is 7.65. The van der Waals surface area contributed by atoms with Gasteiger partial charge in [0.1, 0.15) is 0 Å². The number of halogens is 2. The van der Waals surface area contributed by atoms with Crippen molar-refractivity contribution in [3.05, 3.63) is 32.4 Å². The Balaban J connectivity index is 3.20. The van der Waals surface area contributed by atoms with Crippen molar-refractivity contribution in [2.45, 2.75) is 0 Å². The van der Waals surface area contributed by atoms with E-state index in [1.54, 1.807) is 12.1 Å². The molecule has 4 heteroatoms. The molecule has 2 nitrogen and oxygen atoms in total. The third-order valence-electron chi connectivity index (χ3n) is 1.15. The smallest absolute Gasteiger partial charge is 0.0730 e. The summed E-state index contributed by atoms with van der Waals surface area (Å²) in [6.45, 7) is 0. The molecule has 0 bridgehead atoms. The molecule has 0 atom stereocenters. The standard InChI is InChI=1S/C7H4ClIO2/c8-6-3-4(9)1-2-5(6)7(10)11/h1-3H,(H,10,11)/p-1. The van der Waals surface area contributed by atoms with E-state index in [1.165, 1.54) is 6.07 Å². The molecule has 1 aromatic carbocycles. The maximum atomic E-state index is 10.3.